The van der Waals surface area contributed by atoms with E-state index in [0.29, 0.717) is 15.7 Å². The number of carbonyl (C=O) groups excluding carboxylic acids is 2. The molecule has 27 heteroatoms. The van der Waals surface area contributed by atoms with Gasteiger partial charge in [-0.15, -0.1) is 0 Å². The van der Waals surface area contributed by atoms with Gasteiger partial charge in [-0.3, -0.25) is 14.9 Å². The van der Waals surface area contributed by atoms with E-state index in [1.807, 2.05) is 29.5 Å². The molecule has 1 amide bonds. The highest BCUT2D eigenvalue weighted by atomic mass is 127. The van der Waals surface area contributed by atoms with Crippen LogP contribution in [0.5, 0.6) is 17.2 Å². The number of aliphatic hydroxyl groups excluding tert-OH is 5. The summed E-state index contributed by atoms with van der Waals surface area (Å²) in [5.74, 6) is 11.7. The highest BCUT2D eigenvalue weighted by Crippen LogP contribution is 2.49. The molecule has 4 heterocycles. The van der Waals surface area contributed by atoms with Gasteiger partial charge in [-0.05, 0) is 74.5 Å². The average Bonchev–Trinajstić information content (AvgIpc) is 3.47. The molecule has 1 aromatic rings. The van der Waals surface area contributed by atoms with Crippen LogP contribution in [0.3, 0.4) is 0 Å². The van der Waals surface area contributed by atoms with Gasteiger partial charge in [0.05, 0.1) is 96.7 Å². The van der Waals surface area contributed by atoms with Crippen molar-refractivity contribution in [2.24, 2.45) is 0 Å². The number of allylic oxidation sites excluding steroid dienone is 2. The fourth-order valence-corrected chi connectivity index (χ4v) is 12.5. The molecular formula is C54H74IN3O21S2. The number of likely N-dealkylation sites (N-methyl/N-ethyl adjacent to an activating group) is 1. The molecule has 1 aromatic carbocycles. The van der Waals surface area contributed by atoms with Crippen molar-refractivity contribution in [2.45, 2.75) is 175 Å². The summed E-state index contributed by atoms with van der Waals surface area (Å²) >= 11 is 7.24. The van der Waals surface area contributed by atoms with Crippen molar-refractivity contribution in [1.29, 1.82) is 0 Å². The van der Waals surface area contributed by atoms with E-state index in [9.17, 15) is 40.2 Å². The summed E-state index contributed by atoms with van der Waals surface area (Å²) in [5, 5.41) is 74.0. The van der Waals surface area contributed by atoms with Gasteiger partial charge in [-0.2, -0.15) is 18.1 Å². The smallest absolute Gasteiger partial charge is 0.411 e. The molecule has 9 N–H and O–H groups in total. The van der Waals surface area contributed by atoms with Gasteiger partial charge in [0.2, 0.25) is 17.2 Å². The van der Waals surface area contributed by atoms with Crippen molar-refractivity contribution in [1.82, 2.24) is 16.1 Å². The zero-order valence-corrected chi connectivity index (χ0v) is 50.4. The Morgan fingerprint density at radius 2 is 1.59 bits per heavy atom. The lowest BCUT2D eigenvalue weighted by Crippen LogP contribution is -2.65. The second-order valence-electron chi connectivity index (χ2n) is 19.9. The van der Waals surface area contributed by atoms with Gasteiger partial charge in [0.1, 0.15) is 36.6 Å². The van der Waals surface area contributed by atoms with Crippen molar-refractivity contribution in [2.75, 3.05) is 54.5 Å². The molecule has 450 valence electrons. The quantitative estimate of drug-likeness (QED) is 0.0404. The third kappa shape index (κ3) is 14.5. The lowest BCUT2D eigenvalue weighted by Gasteiger charge is -2.47. The number of benzene rings is 1. The molecule has 0 saturated carbocycles. The number of halogens is 1. The van der Waals surface area contributed by atoms with E-state index in [1.54, 1.807) is 40.9 Å². The predicted octanol–water partition coefficient (Wildman–Crippen LogP) is 1.26. The molecule has 0 unspecified atom stereocenters. The Kier molecular flexibility index (Phi) is 23.5. The molecule has 20 atom stereocenters. The maximum absolute atomic E-state index is 14.4. The van der Waals surface area contributed by atoms with Crippen LogP contribution in [0, 0.1) is 34.2 Å². The van der Waals surface area contributed by atoms with Crippen molar-refractivity contribution in [3.63, 3.8) is 0 Å². The topological polar surface area (TPSA) is 312 Å². The number of methoxy groups -OCH3 is 5. The van der Waals surface area contributed by atoms with Gasteiger partial charge in [0.15, 0.2) is 36.0 Å². The molecule has 2 bridgehead atoms. The number of hydroxylamine groups is 1. The zero-order valence-electron chi connectivity index (χ0n) is 46.5. The van der Waals surface area contributed by atoms with Crippen molar-refractivity contribution < 1.29 is 102 Å². The molecular weight excluding hydrogens is 1220 g/mol. The minimum absolute atomic E-state index is 0.0281. The second-order valence-corrected chi connectivity index (χ2v) is 22.5. The Hall–Kier alpha value is -3.35. The molecule has 0 spiro atoms. The molecule has 2 aliphatic carbocycles. The number of ether oxygens (including phenoxy) is 12. The number of thiol groups is 1. The maximum atomic E-state index is 14.4. The summed E-state index contributed by atoms with van der Waals surface area (Å²) in [6.07, 6.45) is -15.0. The van der Waals surface area contributed by atoms with Crippen LogP contribution < -0.4 is 30.3 Å². The summed E-state index contributed by atoms with van der Waals surface area (Å²) in [5.41, 5.74) is 1.59. The Morgan fingerprint density at radius 1 is 0.877 bits per heavy atom. The first-order valence-electron chi connectivity index (χ1n) is 26.3. The number of hydrogen-bond acceptors (Lipinski definition) is 25. The minimum Gasteiger partial charge on any atom is -0.492 e. The van der Waals surface area contributed by atoms with Gasteiger partial charge in [-0.1, -0.05) is 48.4 Å². The first-order chi connectivity index (χ1) is 38.7. The summed E-state index contributed by atoms with van der Waals surface area (Å²) in [6, 6.07) is -1.25. The third-order valence-electron chi connectivity index (χ3n) is 14.7. The van der Waals surface area contributed by atoms with Gasteiger partial charge >= 0.3 is 6.09 Å². The van der Waals surface area contributed by atoms with Crippen molar-refractivity contribution in [3.8, 4) is 40.9 Å². The standard InChI is InChI=1S/C54H74IN3O21S2/c1-11-56-29-23-72-34(21-33(29)67-6)77-47-42(62)39(25(3)74-52(47)76-32-16-14-12-13-15-18-54(66)22-31(60)40(57-53(65)71-10)37(32)28(54)17-19-80)58-79-35-20-30(59)49(27(5)73-35)81-50(64)36-24(2)38(55)45(48(70-9)44(36)68-7)78-51-43(63)46(69-8)41(61)26(4)75-51/h12-13,17,25-27,29-35,39,41-43,46-47,49,51-52,56,58-63,66,80H,11,19-23H2,1-10H3,(H,57,65)/b13-12?,28-17+/t25-,26+,27-,29+,30+,31+,32+,33+,34+,35+,39-,41+,42+,43-,46-,47-,49-,51+,52+,54+/m1/s1. The number of fused-ring (bicyclic) bond motifs is 2. The molecule has 7 rings (SSSR count). The van der Waals surface area contributed by atoms with E-state index in [-0.39, 0.29) is 83.4 Å². The second kappa shape index (κ2) is 29.2. The fourth-order valence-electron chi connectivity index (χ4n) is 10.5. The fraction of sp³-hybridized carbons (Fsp3) is 0.667. The number of rotatable bonds is 19. The van der Waals surface area contributed by atoms with Crippen molar-refractivity contribution >= 4 is 58.2 Å². The molecule has 4 aliphatic heterocycles. The van der Waals surface area contributed by atoms with E-state index < -0.39 is 120 Å². The Labute approximate surface area is 494 Å². The predicted molar refractivity (Wildman–Crippen MR) is 301 cm³/mol. The SMILES string of the molecule is CCN[C@H]1CO[C@@H](O[C@H]2[C@H](O[C@H]3C#CC=CC#C[C@]4(O)C[C@H](O)C(NC(=O)OC)=C3/C4=C\CS)O[C@H](C)[C@@H](NO[C@H]3C[C@H](O)[C@H](SC(=O)c4c(C)c(I)c(O[C@@H]5O[C@@H](C)[C@H](O)[C@@H](OC)[C@H]5O)c(OC)c4OC)[C@@H](C)O3)[C@@H]2O)C[C@@H]1OC. The van der Waals surface area contributed by atoms with Crippen molar-refractivity contribution in [3.05, 3.63) is 49.8 Å². The number of thioether (sulfide) groups is 1. The van der Waals surface area contributed by atoms with Gasteiger partial charge < -0.3 is 92.8 Å². The first-order valence-corrected chi connectivity index (χ1v) is 28.9. The molecule has 4 fully saturated rings. The Bertz CT molecular complexity index is 2600. The summed E-state index contributed by atoms with van der Waals surface area (Å²) in [4.78, 5) is 33.3. The largest absolute Gasteiger partial charge is 0.492 e. The minimum atomic E-state index is -1.97. The summed E-state index contributed by atoms with van der Waals surface area (Å²) in [6.45, 7) is 9.42. The highest BCUT2D eigenvalue weighted by Gasteiger charge is 2.52. The van der Waals surface area contributed by atoms with Gasteiger partial charge in [0.25, 0.3) is 0 Å². The van der Waals surface area contributed by atoms with Gasteiger partial charge in [0, 0.05) is 50.4 Å². The van der Waals surface area contributed by atoms with Crippen LogP contribution in [-0.4, -0.2) is 218 Å². The first kappa shape index (κ1) is 65.2. The molecule has 81 heavy (non-hydrogen) atoms. The molecule has 0 aromatic heterocycles. The summed E-state index contributed by atoms with van der Waals surface area (Å²) in [7, 11) is 6.80. The Morgan fingerprint density at radius 3 is 2.25 bits per heavy atom. The van der Waals surface area contributed by atoms with Crippen LogP contribution in [0.2, 0.25) is 0 Å². The zero-order chi connectivity index (χ0) is 59.0. The van der Waals surface area contributed by atoms with Crippen LogP contribution in [0.1, 0.15) is 62.9 Å². The van der Waals surface area contributed by atoms with E-state index in [4.69, 9.17) is 61.7 Å². The van der Waals surface area contributed by atoms with Crippen LogP contribution in [0.4, 0.5) is 4.79 Å². The van der Waals surface area contributed by atoms with E-state index in [0.717, 1.165) is 18.9 Å². The third-order valence-corrected chi connectivity index (χ3v) is 17.6. The van der Waals surface area contributed by atoms with Gasteiger partial charge in [-0.25, -0.2) is 4.79 Å². The monoisotopic (exact) mass is 1290 g/mol. The van der Waals surface area contributed by atoms with Crippen LogP contribution >= 0.6 is 47.0 Å². The molecule has 6 aliphatic rings. The lowest BCUT2D eigenvalue weighted by atomic mass is 9.74. The molecule has 4 saturated heterocycles. The van der Waals surface area contributed by atoms with Crippen LogP contribution in [0.15, 0.2) is 35.1 Å². The number of carbonyl (C=O) groups is 2. The van der Waals surface area contributed by atoms with E-state index in [2.05, 4.69) is 52.4 Å². The lowest BCUT2D eigenvalue weighted by molar-refractivity contribution is -0.336. The normalized spacial score (nSPS) is 37.3. The molecule has 0 radical (unpaired) electrons. The summed E-state index contributed by atoms with van der Waals surface area (Å²) < 4.78 is 72.3. The maximum Gasteiger partial charge on any atom is 0.411 e. The molecule has 24 nitrogen and oxygen atoms in total. The van der Waals surface area contributed by atoms with E-state index in [1.165, 1.54) is 33.5 Å². The average molecular weight is 1290 g/mol. The number of aliphatic hydroxyl groups is 6. The highest BCUT2D eigenvalue weighted by molar-refractivity contribution is 14.1. The van der Waals surface area contributed by atoms with E-state index >= 15 is 0 Å². The number of nitrogens with one attached hydrogen (secondary N) is 3. The number of amides is 1. The Balaban J connectivity index is 1.10. The van der Waals surface area contributed by atoms with Crippen LogP contribution in [-0.2, 0) is 47.5 Å². The number of alkyl carbamates (subject to hydrolysis) is 1. The van der Waals surface area contributed by atoms with Crippen LogP contribution in [0.25, 0.3) is 0 Å². The number of hydrogen-bond donors (Lipinski definition) is 10.